The average Bonchev–Trinajstić information content (AvgIpc) is 2.43. The van der Waals surface area contributed by atoms with Crippen LogP contribution in [0.2, 0.25) is 0 Å². The Kier molecular flexibility index (Phi) is 7.55. The van der Waals surface area contributed by atoms with Crippen molar-refractivity contribution in [2.24, 2.45) is 0 Å². The van der Waals surface area contributed by atoms with Gasteiger partial charge in [0.1, 0.15) is 0 Å². The molecule has 0 aliphatic rings. The van der Waals surface area contributed by atoms with Crippen LogP contribution in [0.5, 0.6) is 0 Å². The normalized spacial score (nSPS) is 10.7. The van der Waals surface area contributed by atoms with Crippen molar-refractivity contribution in [1.29, 1.82) is 0 Å². The Morgan fingerprint density at radius 2 is 1.90 bits per heavy atom. The number of quaternary nitrogens is 1. The van der Waals surface area contributed by atoms with E-state index in [1.807, 2.05) is 0 Å². The summed E-state index contributed by atoms with van der Waals surface area (Å²) in [5, 5.41) is 7.28. The lowest BCUT2D eigenvalue weighted by atomic mass is 10.1. The van der Waals surface area contributed by atoms with E-state index in [0.29, 0.717) is 5.11 Å². The number of hydrogen-bond acceptors (Lipinski definition) is 1. The molecule has 112 valence electrons. The van der Waals surface area contributed by atoms with Crippen molar-refractivity contribution < 1.29 is 4.90 Å². The molecule has 0 unspecified atom stereocenters. The molecule has 0 heterocycles. The van der Waals surface area contributed by atoms with E-state index >= 15 is 0 Å². The summed E-state index contributed by atoms with van der Waals surface area (Å²) in [6.07, 6.45) is 1.14. The molecule has 1 aromatic carbocycles. The van der Waals surface area contributed by atoms with Crippen LogP contribution in [0.25, 0.3) is 0 Å². The first-order valence-electron chi connectivity index (χ1n) is 7.52. The number of rotatable bonds is 7. The summed E-state index contributed by atoms with van der Waals surface area (Å²) in [4.78, 5) is 1.64. The Morgan fingerprint density at radius 3 is 2.55 bits per heavy atom. The maximum Gasteiger partial charge on any atom is 0.170 e. The van der Waals surface area contributed by atoms with Crippen molar-refractivity contribution in [2.75, 3.05) is 31.5 Å². The van der Waals surface area contributed by atoms with E-state index in [4.69, 9.17) is 12.2 Å². The Hall–Kier alpha value is -1.13. The van der Waals surface area contributed by atoms with E-state index in [-0.39, 0.29) is 0 Å². The Labute approximate surface area is 128 Å². The molecule has 0 aromatic heterocycles. The average molecular weight is 294 g/mol. The van der Waals surface area contributed by atoms with Gasteiger partial charge in [-0.05, 0) is 57.1 Å². The lowest BCUT2D eigenvalue weighted by molar-refractivity contribution is -0.896. The van der Waals surface area contributed by atoms with Gasteiger partial charge in [0.2, 0.25) is 0 Å². The van der Waals surface area contributed by atoms with E-state index in [2.05, 4.69) is 56.5 Å². The molecule has 0 saturated heterocycles. The molecular formula is C16H28N3S+. The summed E-state index contributed by atoms with van der Waals surface area (Å²) in [6.45, 7) is 13.2. The molecule has 0 amide bonds. The predicted octanol–water partition coefficient (Wildman–Crippen LogP) is 1.90. The number of aryl methyl sites for hydroxylation is 2. The summed E-state index contributed by atoms with van der Waals surface area (Å²) in [5.74, 6) is 0. The van der Waals surface area contributed by atoms with Crippen molar-refractivity contribution in [3.05, 3.63) is 29.3 Å². The van der Waals surface area contributed by atoms with Gasteiger partial charge in [-0.25, -0.2) is 0 Å². The molecule has 3 nitrogen and oxygen atoms in total. The van der Waals surface area contributed by atoms with Gasteiger partial charge in [0, 0.05) is 18.7 Å². The van der Waals surface area contributed by atoms with Crippen molar-refractivity contribution in [3.63, 3.8) is 0 Å². The summed E-state index contributed by atoms with van der Waals surface area (Å²) >= 11 is 5.35. The first-order chi connectivity index (χ1) is 9.56. The van der Waals surface area contributed by atoms with Crippen LogP contribution in [0.4, 0.5) is 5.69 Å². The zero-order valence-corrected chi connectivity index (χ0v) is 14.0. The van der Waals surface area contributed by atoms with Crippen molar-refractivity contribution >= 4 is 23.0 Å². The van der Waals surface area contributed by atoms with Gasteiger partial charge in [-0.2, -0.15) is 0 Å². The number of anilines is 1. The van der Waals surface area contributed by atoms with E-state index in [1.54, 1.807) is 4.90 Å². The molecule has 1 rings (SSSR count). The van der Waals surface area contributed by atoms with Gasteiger partial charge < -0.3 is 15.5 Å². The quantitative estimate of drug-likeness (QED) is 0.530. The lowest BCUT2D eigenvalue weighted by Crippen LogP contribution is -3.11. The fraction of sp³-hybridized carbons (Fsp3) is 0.562. The van der Waals surface area contributed by atoms with Gasteiger partial charge in [0.15, 0.2) is 5.11 Å². The topological polar surface area (TPSA) is 28.5 Å². The van der Waals surface area contributed by atoms with Gasteiger partial charge >= 0.3 is 0 Å². The van der Waals surface area contributed by atoms with Gasteiger partial charge in [0.05, 0.1) is 19.6 Å². The molecule has 0 bridgehead atoms. The fourth-order valence-electron chi connectivity index (χ4n) is 2.18. The molecule has 3 N–H and O–H groups in total. The Bertz CT molecular complexity index is 428. The second-order valence-electron chi connectivity index (χ2n) is 5.26. The van der Waals surface area contributed by atoms with Crippen LogP contribution in [0.3, 0.4) is 0 Å². The van der Waals surface area contributed by atoms with Gasteiger partial charge in [-0.3, -0.25) is 0 Å². The smallest absolute Gasteiger partial charge is 0.170 e. The van der Waals surface area contributed by atoms with Crippen molar-refractivity contribution in [3.8, 4) is 0 Å². The van der Waals surface area contributed by atoms with Gasteiger partial charge in [-0.1, -0.05) is 12.1 Å². The predicted molar refractivity (Wildman–Crippen MR) is 91.7 cm³/mol. The third-order valence-electron chi connectivity index (χ3n) is 3.63. The van der Waals surface area contributed by atoms with Crippen LogP contribution in [0, 0.1) is 13.8 Å². The Morgan fingerprint density at radius 1 is 1.20 bits per heavy atom. The first-order valence-corrected chi connectivity index (χ1v) is 7.93. The van der Waals surface area contributed by atoms with Crippen LogP contribution in [0.15, 0.2) is 18.2 Å². The number of nitrogens with one attached hydrogen (secondary N) is 3. The maximum absolute atomic E-state index is 5.35. The first kappa shape index (κ1) is 16.9. The number of hydrogen-bond donors (Lipinski definition) is 3. The molecule has 0 aliphatic carbocycles. The fourth-order valence-corrected chi connectivity index (χ4v) is 2.39. The highest BCUT2D eigenvalue weighted by molar-refractivity contribution is 7.80. The zero-order valence-electron chi connectivity index (χ0n) is 13.2. The SMILES string of the molecule is CC[NH+](CC)CCCNC(=S)Nc1cc(C)ccc1C. The summed E-state index contributed by atoms with van der Waals surface area (Å²) < 4.78 is 0. The molecule has 0 radical (unpaired) electrons. The minimum absolute atomic E-state index is 0.716. The van der Waals surface area contributed by atoms with Crippen LogP contribution in [-0.2, 0) is 0 Å². The van der Waals surface area contributed by atoms with Gasteiger partial charge in [0.25, 0.3) is 0 Å². The second-order valence-corrected chi connectivity index (χ2v) is 5.67. The van der Waals surface area contributed by atoms with Crippen LogP contribution >= 0.6 is 12.2 Å². The number of thiocarbonyl (C=S) groups is 1. The lowest BCUT2D eigenvalue weighted by Gasteiger charge is -2.16. The minimum atomic E-state index is 0.716. The van der Waals surface area contributed by atoms with Gasteiger partial charge in [-0.15, -0.1) is 0 Å². The Balaban J connectivity index is 2.32. The molecule has 0 aliphatic heterocycles. The van der Waals surface area contributed by atoms with E-state index in [9.17, 15) is 0 Å². The zero-order chi connectivity index (χ0) is 15.0. The van der Waals surface area contributed by atoms with Crippen LogP contribution in [0.1, 0.15) is 31.4 Å². The monoisotopic (exact) mass is 294 g/mol. The molecule has 0 atom stereocenters. The summed E-state index contributed by atoms with van der Waals surface area (Å²) in [7, 11) is 0. The van der Waals surface area contributed by atoms with Crippen LogP contribution < -0.4 is 15.5 Å². The molecule has 0 spiro atoms. The molecule has 20 heavy (non-hydrogen) atoms. The van der Waals surface area contributed by atoms with E-state index in [1.165, 1.54) is 30.8 Å². The molecule has 4 heteroatoms. The van der Waals surface area contributed by atoms with E-state index in [0.717, 1.165) is 18.7 Å². The highest BCUT2D eigenvalue weighted by atomic mass is 32.1. The van der Waals surface area contributed by atoms with E-state index < -0.39 is 0 Å². The third-order valence-corrected chi connectivity index (χ3v) is 3.88. The molecular weight excluding hydrogens is 266 g/mol. The highest BCUT2D eigenvalue weighted by Gasteiger charge is 2.03. The third kappa shape index (κ3) is 5.88. The standard InChI is InChI=1S/C16H27N3S/c1-5-19(6-2)11-7-10-17-16(20)18-15-12-13(3)8-9-14(15)4/h8-9,12H,5-7,10-11H2,1-4H3,(H2,17,18,20)/p+1. The largest absolute Gasteiger partial charge is 0.362 e. The highest BCUT2D eigenvalue weighted by Crippen LogP contribution is 2.15. The van der Waals surface area contributed by atoms with Crippen molar-refractivity contribution in [2.45, 2.75) is 34.1 Å². The number of benzene rings is 1. The maximum atomic E-state index is 5.35. The second kappa shape index (κ2) is 8.93. The molecule has 0 saturated carbocycles. The minimum Gasteiger partial charge on any atom is -0.362 e. The summed E-state index contributed by atoms with van der Waals surface area (Å²) in [6, 6.07) is 6.36. The van der Waals surface area contributed by atoms with Crippen molar-refractivity contribution in [1.82, 2.24) is 5.32 Å². The summed E-state index contributed by atoms with van der Waals surface area (Å²) in [5.41, 5.74) is 3.55. The molecule has 0 fully saturated rings. The van der Waals surface area contributed by atoms with Crippen LogP contribution in [-0.4, -0.2) is 31.3 Å². The molecule has 1 aromatic rings.